The second-order valence-corrected chi connectivity index (χ2v) is 4.91. The molecule has 4 unspecified atom stereocenters. The van der Waals surface area contributed by atoms with Gasteiger partial charge in [-0.15, -0.1) is 10.2 Å². The molecular weight excluding hydrogens is 188 g/mol. The molecule has 2 aliphatic rings. The number of hydrogen-bond donors (Lipinski definition) is 1. The smallest absolute Gasteiger partial charge is 0.137 e. The minimum atomic E-state index is 0.318. The Balaban J connectivity index is 1.94. The number of aromatic nitrogens is 3. The summed E-state index contributed by atoms with van der Waals surface area (Å²) in [6.07, 6.45) is 5.79. The van der Waals surface area contributed by atoms with Crippen molar-refractivity contribution >= 4 is 0 Å². The molecule has 0 amide bonds. The zero-order chi connectivity index (χ0) is 10.4. The Bertz CT molecular complexity index is 357. The van der Waals surface area contributed by atoms with Gasteiger partial charge in [0.05, 0.1) is 0 Å². The molecule has 2 saturated carbocycles. The quantitative estimate of drug-likeness (QED) is 0.789. The van der Waals surface area contributed by atoms with Gasteiger partial charge < -0.3 is 10.3 Å². The van der Waals surface area contributed by atoms with E-state index in [0.717, 1.165) is 24.2 Å². The van der Waals surface area contributed by atoms with Gasteiger partial charge in [-0.3, -0.25) is 0 Å². The van der Waals surface area contributed by atoms with Crippen LogP contribution in [0.5, 0.6) is 0 Å². The molecule has 2 bridgehead atoms. The van der Waals surface area contributed by atoms with E-state index in [0.29, 0.717) is 12.0 Å². The van der Waals surface area contributed by atoms with E-state index in [9.17, 15) is 0 Å². The van der Waals surface area contributed by atoms with E-state index >= 15 is 0 Å². The number of aryl methyl sites for hydroxylation is 1. The fraction of sp³-hybridized carbons (Fsp3) is 0.818. The molecule has 4 heteroatoms. The van der Waals surface area contributed by atoms with Crippen LogP contribution in [0.3, 0.4) is 0 Å². The maximum atomic E-state index is 6.30. The van der Waals surface area contributed by atoms with E-state index in [2.05, 4.69) is 21.7 Å². The molecule has 0 aromatic carbocycles. The summed E-state index contributed by atoms with van der Waals surface area (Å²) in [5.41, 5.74) is 6.30. The van der Waals surface area contributed by atoms with Gasteiger partial charge in [0, 0.05) is 18.5 Å². The minimum Gasteiger partial charge on any atom is -0.327 e. The Morgan fingerprint density at radius 3 is 2.93 bits per heavy atom. The zero-order valence-corrected chi connectivity index (χ0v) is 9.13. The highest BCUT2D eigenvalue weighted by molar-refractivity contribution is 5.13. The Hall–Kier alpha value is -0.900. The first-order valence-electron chi connectivity index (χ1n) is 5.94. The summed E-state index contributed by atoms with van der Waals surface area (Å²) in [6, 6.07) is 0.318. The predicted octanol–water partition coefficient (Wildman–Crippen LogP) is 1.14. The summed E-state index contributed by atoms with van der Waals surface area (Å²) in [6.45, 7) is 3.08. The van der Waals surface area contributed by atoms with Crippen LogP contribution in [0.25, 0.3) is 0 Å². The number of hydrogen-bond acceptors (Lipinski definition) is 3. The minimum absolute atomic E-state index is 0.318. The summed E-state index contributed by atoms with van der Waals surface area (Å²) in [7, 11) is 0. The fourth-order valence-electron chi connectivity index (χ4n) is 3.48. The Morgan fingerprint density at radius 2 is 2.27 bits per heavy atom. The zero-order valence-electron chi connectivity index (χ0n) is 9.13. The lowest BCUT2D eigenvalue weighted by atomic mass is 9.84. The van der Waals surface area contributed by atoms with Crippen LogP contribution in [0.4, 0.5) is 0 Å². The Kier molecular flexibility index (Phi) is 2.06. The average Bonchev–Trinajstić information content (AvgIpc) is 2.89. The lowest BCUT2D eigenvalue weighted by molar-refractivity contribution is 0.346. The Morgan fingerprint density at radius 1 is 1.47 bits per heavy atom. The highest BCUT2D eigenvalue weighted by Gasteiger charge is 2.48. The van der Waals surface area contributed by atoms with Gasteiger partial charge >= 0.3 is 0 Å². The molecule has 2 fully saturated rings. The van der Waals surface area contributed by atoms with Gasteiger partial charge in [0.15, 0.2) is 0 Å². The normalized spacial score (nSPS) is 38.8. The van der Waals surface area contributed by atoms with Crippen LogP contribution in [0.1, 0.15) is 37.9 Å². The van der Waals surface area contributed by atoms with Gasteiger partial charge in [-0.25, -0.2) is 0 Å². The summed E-state index contributed by atoms with van der Waals surface area (Å²) in [5, 5.41) is 8.28. The summed E-state index contributed by atoms with van der Waals surface area (Å²) >= 11 is 0. The van der Waals surface area contributed by atoms with E-state index in [1.165, 1.54) is 19.3 Å². The number of fused-ring (bicyclic) bond motifs is 2. The third kappa shape index (κ3) is 1.24. The molecule has 1 heterocycles. The van der Waals surface area contributed by atoms with Gasteiger partial charge in [0.1, 0.15) is 12.2 Å². The largest absolute Gasteiger partial charge is 0.327 e. The summed E-state index contributed by atoms with van der Waals surface area (Å²) in [5.74, 6) is 3.09. The molecule has 0 spiro atoms. The van der Waals surface area contributed by atoms with Crippen molar-refractivity contribution in [3.05, 3.63) is 12.2 Å². The van der Waals surface area contributed by atoms with Crippen molar-refractivity contribution < 1.29 is 0 Å². The van der Waals surface area contributed by atoms with Crippen LogP contribution < -0.4 is 5.73 Å². The third-order valence-corrected chi connectivity index (χ3v) is 4.26. The molecule has 15 heavy (non-hydrogen) atoms. The molecule has 3 rings (SSSR count). The SMILES string of the molecule is CCn1cnnc1C1C2CCC(C2)C1N. The third-order valence-electron chi connectivity index (χ3n) is 4.26. The second-order valence-electron chi connectivity index (χ2n) is 4.91. The van der Waals surface area contributed by atoms with E-state index in [1.807, 2.05) is 6.33 Å². The standard InChI is InChI=1S/C11H18N4/c1-2-15-6-13-14-11(15)9-7-3-4-8(5-7)10(9)12/h6-10H,2-5,12H2,1H3. The molecule has 2 aliphatic carbocycles. The fourth-order valence-corrected chi connectivity index (χ4v) is 3.48. The first-order valence-corrected chi connectivity index (χ1v) is 5.94. The van der Waals surface area contributed by atoms with Crippen molar-refractivity contribution in [2.45, 2.75) is 44.7 Å². The van der Waals surface area contributed by atoms with E-state index in [-0.39, 0.29) is 0 Å². The number of nitrogens with two attached hydrogens (primary N) is 1. The molecule has 82 valence electrons. The predicted molar refractivity (Wildman–Crippen MR) is 57.2 cm³/mol. The first kappa shape index (κ1) is 9.33. The van der Waals surface area contributed by atoms with E-state index in [1.54, 1.807) is 0 Å². The first-order chi connectivity index (χ1) is 7.31. The van der Waals surface area contributed by atoms with Gasteiger partial charge in [-0.1, -0.05) is 0 Å². The van der Waals surface area contributed by atoms with Crippen molar-refractivity contribution in [2.75, 3.05) is 0 Å². The van der Waals surface area contributed by atoms with Crippen molar-refractivity contribution in [1.82, 2.24) is 14.8 Å². The molecule has 2 N–H and O–H groups in total. The van der Waals surface area contributed by atoms with Crippen molar-refractivity contribution in [3.8, 4) is 0 Å². The van der Waals surface area contributed by atoms with Crippen molar-refractivity contribution in [3.63, 3.8) is 0 Å². The monoisotopic (exact) mass is 206 g/mol. The van der Waals surface area contributed by atoms with Gasteiger partial charge in [-0.2, -0.15) is 0 Å². The molecule has 4 nitrogen and oxygen atoms in total. The summed E-state index contributed by atoms with van der Waals surface area (Å²) < 4.78 is 2.14. The topological polar surface area (TPSA) is 56.7 Å². The van der Waals surface area contributed by atoms with E-state index in [4.69, 9.17) is 5.73 Å². The lowest BCUT2D eigenvalue weighted by Crippen LogP contribution is -2.35. The summed E-state index contributed by atoms with van der Waals surface area (Å²) in [4.78, 5) is 0. The van der Waals surface area contributed by atoms with Gasteiger partial charge in [-0.05, 0) is 38.0 Å². The van der Waals surface area contributed by atoms with Crippen LogP contribution in [-0.2, 0) is 6.54 Å². The van der Waals surface area contributed by atoms with E-state index < -0.39 is 0 Å². The number of nitrogens with zero attached hydrogens (tertiary/aromatic N) is 3. The molecular formula is C11H18N4. The molecule has 0 radical (unpaired) electrons. The van der Waals surface area contributed by atoms with Crippen LogP contribution in [0.2, 0.25) is 0 Å². The van der Waals surface area contributed by atoms with Crippen LogP contribution >= 0.6 is 0 Å². The number of rotatable bonds is 2. The molecule has 0 aliphatic heterocycles. The van der Waals surface area contributed by atoms with Gasteiger partial charge in [0.2, 0.25) is 0 Å². The maximum Gasteiger partial charge on any atom is 0.137 e. The lowest BCUT2D eigenvalue weighted by Gasteiger charge is -2.27. The van der Waals surface area contributed by atoms with Crippen molar-refractivity contribution in [1.29, 1.82) is 0 Å². The molecule has 4 atom stereocenters. The highest BCUT2D eigenvalue weighted by atomic mass is 15.3. The highest BCUT2D eigenvalue weighted by Crippen LogP contribution is 2.51. The van der Waals surface area contributed by atoms with Crippen LogP contribution in [0, 0.1) is 11.8 Å². The van der Waals surface area contributed by atoms with Gasteiger partial charge in [0.25, 0.3) is 0 Å². The maximum absolute atomic E-state index is 6.30. The van der Waals surface area contributed by atoms with Crippen LogP contribution in [0.15, 0.2) is 6.33 Å². The molecule has 1 aromatic heterocycles. The Labute approximate surface area is 89.9 Å². The average molecular weight is 206 g/mol. The molecule has 1 aromatic rings. The second kappa shape index (κ2) is 3.30. The van der Waals surface area contributed by atoms with Crippen molar-refractivity contribution in [2.24, 2.45) is 17.6 Å². The van der Waals surface area contributed by atoms with Crippen LogP contribution in [-0.4, -0.2) is 20.8 Å². The molecule has 0 saturated heterocycles.